The molecule has 23 heavy (non-hydrogen) atoms. The number of halogens is 1. The maximum absolute atomic E-state index is 12.2. The van der Waals surface area contributed by atoms with E-state index in [1.54, 1.807) is 30.3 Å². The quantitative estimate of drug-likeness (QED) is 0.733. The van der Waals surface area contributed by atoms with Crippen molar-refractivity contribution in [1.29, 1.82) is 0 Å². The molecule has 116 valence electrons. The normalized spacial score (nSPS) is 10.7. The van der Waals surface area contributed by atoms with Gasteiger partial charge in [-0.15, -0.1) is 0 Å². The highest BCUT2D eigenvalue weighted by Gasteiger charge is 2.07. The van der Waals surface area contributed by atoms with Crippen molar-refractivity contribution in [2.45, 2.75) is 13.5 Å². The van der Waals surface area contributed by atoms with Crippen molar-refractivity contribution in [2.75, 3.05) is 5.32 Å². The predicted octanol–water partition coefficient (Wildman–Crippen LogP) is 4.14. The molecule has 0 aliphatic heterocycles. The van der Waals surface area contributed by atoms with Crippen LogP contribution in [0.3, 0.4) is 0 Å². The van der Waals surface area contributed by atoms with Crippen molar-refractivity contribution in [3.05, 3.63) is 65.3 Å². The monoisotopic (exact) mass is 326 g/mol. The molecular weight excluding hydrogens is 312 g/mol. The fourth-order valence-corrected chi connectivity index (χ4v) is 2.63. The number of rotatable bonds is 4. The Morgan fingerprint density at radius 2 is 1.83 bits per heavy atom. The Kier molecular flexibility index (Phi) is 4.17. The zero-order valence-corrected chi connectivity index (χ0v) is 13.3. The van der Waals surface area contributed by atoms with Gasteiger partial charge in [0.15, 0.2) is 5.78 Å². The second-order valence-electron chi connectivity index (χ2n) is 5.33. The van der Waals surface area contributed by atoms with Gasteiger partial charge in [-0.25, -0.2) is 0 Å². The average Bonchev–Trinajstić information content (AvgIpc) is 2.89. The number of ketones is 1. The first kappa shape index (κ1) is 15.3. The lowest BCUT2D eigenvalue weighted by molar-refractivity contribution is -0.116. The number of nitrogens with one attached hydrogen (secondary N) is 1. The van der Waals surface area contributed by atoms with Crippen LogP contribution in [0.2, 0.25) is 5.02 Å². The fraction of sp³-hybridized carbons (Fsp3) is 0.111. The van der Waals surface area contributed by atoms with E-state index in [-0.39, 0.29) is 18.2 Å². The molecule has 0 fully saturated rings. The third-order valence-electron chi connectivity index (χ3n) is 3.62. The smallest absolute Gasteiger partial charge is 0.244 e. The third-order valence-corrected chi connectivity index (χ3v) is 3.86. The van der Waals surface area contributed by atoms with Crippen LogP contribution < -0.4 is 5.32 Å². The maximum Gasteiger partial charge on any atom is 0.244 e. The molecule has 1 N–H and O–H groups in total. The molecule has 0 aliphatic carbocycles. The van der Waals surface area contributed by atoms with Gasteiger partial charge in [-0.2, -0.15) is 0 Å². The Balaban J connectivity index is 1.72. The summed E-state index contributed by atoms with van der Waals surface area (Å²) >= 11 is 5.96. The van der Waals surface area contributed by atoms with Gasteiger partial charge in [0.1, 0.15) is 6.54 Å². The molecule has 0 radical (unpaired) electrons. The van der Waals surface area contributed by atoms with Gasteiger partial charge in [0, 0.05) is 33.4 Å². The number of fused-ring (bicyclic) bond motifs is 1. The SMILES string of the molecule is CC(=O)c1ccc(NC(=O)Cn2ccc3cc(Cl)ccc32)cc1. The number of nitrogens with zero attached hydrogens (tertiary/aromatic N) is 1. The van der Waals surface area contributed by atoms with Gasteiger partial charge in [0.2, 0.25) is 5.91 Å². The summed E-state index contributed by atoms with van der Waals surface area (Å²) in [4.78, 5) is 23.4. The summed E-state index contributed by atoms with van der Waals surface area (Å²) in [6, 6.07) is 14.3. The Labute approximate surface area is 138 Å². The molecule has 0 unspecified atom stereocenters. The molecule has 3 rings (SSSR count). The highest BCUT2D eigenvalue weighted by atomic mass is 35.5. The summed E-state index contributed by atoms with van der Waals surface area (Å²) in [5.74, 6) is -0.131. The summed E-state index contributed by atoms with van der Waals surface area (Å²) < 4.78 is 1.87. The van der Waals surface area contributed by atoms with Crippen molar-refractivity contribution in [3.63, 3.8) is 0 Å². The molecule has 0 saturated heterocycles. The van der Waals surface area contributed by atoms with Crippen LogP contribution in [0.25, 0.3) is 10.9 Å². The van der Waals surface area contributed by atoms with Crippen LogP contribution in [-0.2, 0) is 11.3 Å². The van der Waals surface area contributed by atoms with E-state index in [9.17, 15) is 9.59 Å². The number of Topliss-reactive ketones (excluding diaryl/α,β-unsaturated/α-hetero) is 1. The standard InChI is InChI=1S/C18H15ClN2O2/c1-12(22)13-2-5-16(6-3-13)20-18(23)11-21-9-8-14-10-15(19)4-7-17(14)21/h2-10H,11H2,1H3,(H,20,23). The van der Waals surface area contributed by atoms with Gasteiger partial charge in [-0.05, 0) is 55.5 Å². The van der Waals surface area contributed by atoms with E-state index >= 15 is 0 Å². The Bertz CT molecular complexity index is 882. The summed E-state index contributed by atoms with van der Waals surface area (Å²) in [5, 5.41) is 4.49. The Morgan fingerprint density at radius 3 is 2.52 bits per heavy atom. The van der Waals surface area contributed by atoms with Crippen LogP contribution >= 0.6 is 11.6 Å². The van der Waals surface area contributed by atoms with Gasteiger partial charge in [-0.1, -0.05) is 11.6 Å². The van der Waals surface area contributed by atoms with Crippen molar-refractivity contribution in [2.24, 2.45) is 0 Å². The fourth-order valence-electron chi connectivity index (χ4n) is 2.45. The van der Waals surface area contributed by atoms with Crippen molar-refractivity contribution >= 4 is 39.9 Å². The number of amides is 1. The van der Waals surface area contributed by atoms with Crippen LogP contribution in [0.15, 0.2) is 54.7 Å². The second kappa shape index (κ2) is 6.26. The largest absolute Gasteiger partial charge is 0.338 e. The molecule has 0 atom stereocenters. The van der Waals surface area contributed by atoms with Crippen molar-refractivity contribution < 1.29 is 9.59 Å². The van der Waals surface area contributed by atoms with E-state index in [2.05, 4.69) is 5.32 Å². The number of hydrogen-bond donors (Lipinski definition) is 1. The Hall–Kier alpha value is -2.59. The highest BCUT2D eigenvalue weighted by molar-refractivity contribution is 6.31. The summed E-state index contributed by atoms with van der Waals surface area (Å²) in [7, 11) is 0. The zero-order chi connectivity index (χ0) is 16.4. The van der Waals surface area contributed by atoms with E-state index in [4.69, 9.17) is 11.6 Å². The lowest BCUT2D eigenvalue weighted by Gasteiger charge is -2.08. The topological polar surface area (TPSA) is 51.1 Å². The van der Waals surface area contributed by atoms with Gasteiger partial charge >= 0.3 is 0 Å². The number of anilines is 1. The molecule has 1 amide bonds. The van der Waals surface area contributed by atoms with Gasteiger partial charge in [0.25, 0.3) is 0 Å². The van der Waals surface area contributed by atoms with Crippen LogP contribution in [0.4, 0.5) is 5.69 Å². The minimum atomic E-state index is -0.131. The minimum Gasteiger partial charge on any atom is -0.338 e. The molecule has 1 aromatic heterocycles. The molecular formula is C18H15ClN2O2. The van der Waals surface area contributed by atoms with Crippen LogP contribution in [0.5, 0.6) is 0 Å². The molecule has 4 nitrogen and oxygen atoms in total. The molecule has 0 bridgehead atoms. The lowest BCUT2D eigenvalue weighted by atomic mass is 10.1. The predicted molar refractivity (Wildman–Crippen MR) is 92.0 cm³/mol. The second-order valence-corrected chi connectivity index (χ2v) is 5.76. The summed E-state index contributed by atoms with van der Waals surface area (Å²) in [5.41, 5.74) is 2.24. The van der Waals surface area contributed by atoms with Crippen LogP contribution in [0.1, 0.15) is 17.3 Å². The van der Waals surface area contributed by atoms with Crippen LogP contribution in [0, 0.1) is 0 Å². The number of carbonyl (C=O) groups is 2. The van der Waals surface area contributed by atoms with Crippen molar-refractivity contribution in [1.82, 2.24) is 4.57 Å². The first-order valence-electron chi connectivity index (χ1n) is 7.18. The number of aromatic nitrogens is 1. The van der Waals surface area contributed by atoms with Gasteiger partial charge < -0.3 is 9.88 Å². The van der Waals surface area contributed by atoms with Crippen LogP contribution in [-0.4, -0.2) is 16.3 Å². The molecule has 1 heterocycles. The van der Waals surface area contributed by atoms with Gasteiger partial charge in [0.05, 0.1) is 0 Å². The minimum absolute atomic E-state index is 0.000322. The zero-order valence-electron chi connectivity index (χ0n) is 12.5. The van der Waals surface area contributed by atoms with E-state index in [0.29, 0.717) is 16.3 Å². The van der Waals surface area contributed by atoms with Crippen molar-refractivity contribution in [3.8, 4) is 0 Å². The maximum atomic E-state index is 12.2. The number of benzene rings is 2. The van der Waals surface area contributed by atoms with Gasteiger partial charge in [-0.3, -0.25) is 9.59 Å². The number of hydrogen-bond acceptors (Lipinski definition) is 2. The first-order valence-corrected chi connectivity index (χ1v) is 7.56. The molecule has 3 aromatic rings. The highest BCUT2D eigenvalue weighted by Crippen LogP contribution is 2.20. The molecule has 0 saturated carbocycles. The summed E-state index contributed by atoms with van der Waals surface area (Å²) in [6.07, 6.45) is 1.86. The van der Waals surface area contributed by atoms with E-state index in [1.807, 2.05) is 29.0 Å². The molecule has 0 spiro atoms. The summed E-state index contributed by atoms with van der Waals surface area (Å²) in [6.45, 7) is 1.72. The van der Waals surface area contributed by atoms with E-state index < -0.39 is 0 Å². The molecule has 5 heteroatoms. The average molecular weight is 327 g/mol. The third kappa shape index (κ3) is 3.43. The Morgan fingerprint density at radius 1 is 1.09 bits per heavy atom. The lowest BCUT2D eigenvalue weighted by Crippen LogP contribution is -2.18. The van der Waals surface area contributed by atoms with E-state index in [1.165, 1.54) is 6.92 Å². The number of carbonyl (C=O) groups excluding carboxylic acids is 2. The van der Waals surface area contributed by atoms with E-state index in [0.717, 1.165) is 10.9 Å². The molecule has 0 aliphatic rings. The molecule has 2 aromatic carbocycles. The first-order chi connectivity index (χ1) is 11.0.